The van der Waals surface area contributed by atoms with E-state index in [-0.39, 0.29) is 0 Å². The number of aromatic amines is 1. The minimum atomic E-state index is 0.651. The van der Waals surface area contributed by atoms with Crippen LogP contribution in [-0.2, 0) is 19.5 Å². The number of fused-ring (bicyclic) bond motifs is 1. The van der Waals surface area contributed by atoms with Crippen molar-refractivity contribution in [3.63, 3.8) is 0 Å². The van der Waals surface area contributed by atoms with Crippen molar-refractivity contribution >= 4 is 0 Å². The third kappa shape index (κ3) is 2.60. The van der Waals surface area contributed by atoms with Crippen LogP contribution in [0.5, 0.6) is 0 Å². The molecule has 0 atom stereocenters. The van der Waals surface area contributed by atoms with Crippen molar-refractivity contribution in [3.05, 3.63) is 46.3 Å². The number of aromatic nitrogens is 3. The smallest absolute Gasteiger partial charge is 0.131 e. The first-order valence-electron chi connectivity index (χ1n) is 7.91. The summed E-state index contributed by atoms with van der Waals surface area (Å²) in [6.45, 7) is 7.35. The van der Waals surface area contributed by atoms with Crippen LogP contribution in [0, 0.1) is 13.8 Å². The number of rotatable bonds is 3. The molecule has 21 heavy (non-hydrogen) atoms. The Morgan fingerprint density at radius 1 is 1.33 bits per heavy atom. The van der Waals surface area contributed by atoms with Crippen molar-refractivity contribution in [2.45, 2.75) is 52.1 Å². The van der Waals surface area contributed by atoms with Crippen LogP contribution < -0.4 is 0 Å². The number of hydrogen-bond donors (Lipinski definition) is 1. The van der Waals surface area contributed by atoms with Gasteiger partial charge in [0.1, 0.15) is 5.82 Å². The molecule has 4 nitrogen and oxygen atoms in total. The van der Waals surface area contributed by atoms with Crippen molar-refractivity contribution in [1.29, 1.82) is 0 Å². The number of hydrogen-bond acceptors (Lipinski definition) is 3. The Balaban J connectivity index is 1.50. The zero-order valence-electron chi connectivity index (χ0n) is 12.8. The Morgan fingerprint density at radius 3 is 2.90 bits per heavy atom. The second-order valence-corrected chi connectivity index (χ2v) is 6.55. The van der Waals surface area contributed by atoms with Crippen LogP contribution in [0.4, 0.5) is 0 Å². The fourth-order valence-corrected chi connectivity index (χ4v) is 3.24. The standard InChI is InChI=1S/C17H22N4/c1-11-7-12(2)19-16(11)10-21-6-5-15-14(9-21)8-18-17(20-15)13-3-4-13/h7-8,13,19H,3-6,9-10H2,1-2H3. The van der Waals surface area contributed by atoms with Crippen LogP contribution in [0.2, 0.25) is 0 Å². The first-order valence-corrected chi connectivity index (χ1v) is 7.91. The van der Waals surface area contributed by atoms with Crippen molar-refractivity contribution in [2.24, 2.45) is 0 Å². The molecule has 2 aromatic rings. The normalized spacial score (nSPS) is 18.8. The Kier molecular flexibility index (Phi) is 3.07. The first-order chi connectivity index (χ1) is 10.2. The molecule has 4 heteroatoms. The minimum Gasteiger partial charge on any atom is -0.361 e. The van der Waals surface area contributed by atoms with Gasteiger partial charge in [-0.25, -0.2) is 9.97 Å². The van der Waals surface area contributed by atoms with E-state index in [4.69, 9.17) is 4.98 Å². The van der Waals surface area contributed by atoms with Crippen LogP contribution in [0.1, 0.15) is 52.8 Å². The maximum atomic E-state index is 4.79. The van der Waals surface area contributed by atoms with Crippen molar-refractivity contribution in [3.8, 4) is 0 Å². The topological polar surface area (TPSA) is 44.8 Å². The fourth-order valence-electron chi connectivity index (χ4n) is 3.24. The Hall–Kier alpha value is -1.68. The molecule has 0 spiro atoms. The summed E-state index contributed by atoms with van der Waals surface area (Å²) in [5, 5.41) is 0. The number of nitrogens with one attached hydrogen (secondary N) is 1. The average Bonchev–Trinajstić information content (AvgIpc) is 3.26. The van der Waals surface area contributed by atoms with Gasteiger partial charge in [0.05, 0.1) is 0 Å². The van der Waals surface area contributed by atoms with Gasteiger partial charge in [-0.05, 0) is 38.3 Å². The molecule has 4 rings (SSSR count). The van der Waals surface area contributed by atoms with Crippen LogP contribution in [0.3, 0.4) is 0 Å². The Labute approximate surface area is 125 Å². The predicted molar refractivity (Wildman–Crippen MR) is 82.1 cm³/mol. The van der Waals surface area contributed by atoms with Gasteiger partial charge in [-0.3, -0.25) is 4.90 Å². The third-order valence-corrected chi connectivity index (χ3v) is 4.61. The molecule has 1 fully saturated rings. The lowest BCUT2D eigenvalue weighted by Gasteiger charge is -2.28. The highest BCUT2D eigenvalue weighted by Crippen LogP contribution is 2.38. The number of H-pyrrole nitrogens is 1. The lowest BCUT2D eigenvalue weighted by molar-refractivity contribution is 0.239. The van der Waals surface area contributed by atoms with Crippen LogP contribution in [0.15, 0.2) is 12.3 Å². The second-order valence-electron chi connectivity index (χ2n) is 6.55. The van der Waals surface area contributed by atoms with Gasteiger partial charge in [-0.15, -0.1) is 0 Å². The molecule has 3 heterocycles. The molecule has 1 aliphatic heterocycles. The summed E-state index contributed by atoms with van der Waals surface area (Å²) in [7, 11) is 0. The molecule has 0 aromatic carbocycles. The molecule has 2 aromatic heterocycles. The molecule has 0 saturated heterocycles. The van der Waals surface area contributed by atoms with E-state index in [0.29, 0.717) is 5.92 Å². The summed E-state index contributed by atoms with van der Waals surface area (Å²) < 4.78 is 0. The lowest BCUT2D eigenvalue weighted by atomic mass is 10.1. The molecule has 0 bridgehead atoms. The maximum absolute atomic E-state index is 4.79. The minimum absolute atomic E-state index is 0.651. The van der Waals surface area contributed by atoms with Crippen LogP contribution in [0.25, 0.3) is 0 Å². The third-order valence-electron chi connectivity index (χ3n) is 4.61. The zero-order chi connectivity index (χ0) is 14.4. The SMILES string of the molecule is Cc1cc(C)c(CN2CCc3nc(C4CC4)ncc3C2)[nH]1. The van der Waals surface area contributed by atoms with E-state index in [2.05, 4.69) is 41.0 Å². The van der Waals surface area contributed by atoms with Gasteiger partial charge in [-0.2, -0.15) is 0 Å². The van der Waals surface area contributed by atoms with Crippen molar-refractivity contribution < 1.29 is 0 Å². The van der Waals surface area contributed by atoms with Gasteiger partial charge in [0.2, 0.25) is 0 Å². The summed E-state index contributed by atoms with van der Waals surface area (Å²) in [5.74, 6) is 1.73. The maximum Gasteiger partial charge on any atom is 0.131 e. The summed E-state index contributed by atoms with van der Waals surface area (Å²) in [6, 6.07) is 2.22. The predicted octanol–water partition coefficient (Wildman–Crippen LogP) is 2.86. The van der Waals surface area contributed by atoms with Gasteiger partial charge in [0.25, 0.3) is 0 Å². The van der Waals surface area contributed by atoms with E-state index in [1.807, 2.05) is 0 Å². The molecule has 0 radical (unpaired) electrons. The molecule has 0 unspecified atom stereocenters. The van der Waals surface area contributed by atoms with Crippen molar-refractivity contribution in [1.82, 2.24) is 19.9 Å². The van der Waals surface area contributed by atoms with E-state index in [0.717, 1.165) is 31.9 Å². The fraction of sp³-hybridized carbons (Fsp3) is 0.529. The van der Waals surface area contributed by atoms with Gasteiger partial charge >= 0.3 is 0 Å². The Morgan fingerprint density at radius 2 is 2.19 bits per heavy atom. The van der Waals surface area contributed by atoms with Crippen molar-refractivity contribution in [2.75, 3.05) is 6.54 Å². The van der Waals surface area contributed by atoms with Gasteiger partial charge in [0.15, 0.2) is 0 Å². The molecule has 0 amide bonds. The molecule has 2 aliphatic rings. The molecular weight excluding hydrogens is 260 g/mol. The molecule has 1 aliphatic carbocycles. The average molecular weight is 282 g/mol. The highest BCUT2D eigenvalue weighted by Gasteiger charge is 2.28. The second kappa shape index (κ2) is 4.95. The quantitative estimate of drug-likeness (QED) is 0.941. The molecule has 1 saturated carbocycles. The summed E-state index contributed by atoms with van der Waals surface area (Å²) in [6.07, 6.45) is 5.66. The van der Waals surface area contributed by atoms with E-state index >= 15 is 0 Å². The summed E-state index contributed by atoms with van der Waals surface area (Å²) >= 11 is 0. The van der Waals surface area contributed by atoms with E-state index in [9.17, 15) is 0 Å². The van der Waals surface area contributed by atoms with Gasteiger partial charge in [0, 0.05) is 60.8 Å². The van der Waals surface area contributed by atoms with Gasteiger partial charge in [-0.1, -0.05) is 0 Å². The van der Waals surface area contributed by atoms with Crippen LogP contribution >= 0.6 is 0 Å². The highest BCUT2D eigenvalue weighted by molar-refractivity contribution is 5.26. The van der Waals surface area contributed by atoms with Crippen LogP contribution in [-0.4, -0.2) is 26.4 Å². The lowest BCUT2D eigenvalue weighted by Crippen LogP contribution is -2.31. The zero-order valence-corrected chi connectivity index (χ0v) is 12.8. The van der Waals surface area contributed by atoms with Gasteiger partial charge < -0.3 is 4.98 Å². The summed E-state index contributed by atoms with van der Waals surface area (Å²) in [5.41, 5.74) is 6.54. The Bertz CT molecular complexity index is 669. The largest absolute Gasteiger partial charge is 0.361 e. The monoisotopic (exact) mass is 282 g/mol. The van der Waals surface area contributed by atoms with E-state index < -0.39 is 0 Å². The number of aryl methyl sites for hydroxylation is 2. The molecule has 1 N–H and O–H groups in total. The molecule has 110 valence electrons. The van der Waals surface area contributed by atoms with E-state index in [1.165, 1.54) is 41.1 Å². The number of nitrogens with zero attached hydrogens (tertiary/aromatic N) is 3. The highest BCUT2D eigenvalue weighted by atomic mass is 15.1. The molecular formula is C17H22N4. The van der Waals surface area contributed by atoms with E-state index in [1.54, 1.807) is 0 Å². The summed E-state index contributed by atoms with van der Waals surface area (Å²) in [4.78, 5) is 15.3. The first kappa shape index (κ1) is 13.0.